The molecule has 1 aromatic carbocycles. The van der Waals surface area contributed by atoms with Gasteiger partial charge in [0.2, 0.25) is 0 Å². The number of amides is 1. The van der Waals surface area contributed by atoms with Gasteiger partial charge in [-0.1, -0.05) is 32.9 Å². The molecule has 1 rings (SSSR count). The Morgan fingerprint density at radius 2 is 1.83 bits per heavy atom. The molecule has 0 aliphatic rings. The van der Waals surface area contributed by atoms with E-state index in [1.807, 2.05) is 31.2 Å². The molecule has 6 nitrogen and oxygen atoms in total. The zero-order valence-electron chi connectivity index (χ0n) is 19.2. The first-order valence-corrected chi connectivity index (χ1v) is 11.0. The van der Waals surface area contributed by atoms with E-state index in [4.69, 9.17) is 0 Å². The van der Waals surface area contributed by atoms with Crippen LogP contribution in [0.2, 0.25) is 0 Å². The van der Waals surface area contributed by atoms with Gasteiger partial charge in [0.05, 0.1) is 0 Å². The summed E-state index contributed by atoms with van der Waals surface area (Å²) in [5.74, 6) is 0.764. The minimum Gasteiger partial charge on any atom is -0.354 e. The fraction of sp³-hybridized carbons (Fsp3) is 0.652. The Balaban J connectivity index is 2.49. The van der Waals surface area contributed by atoms with Crippen LogP contribution in [0.1, 0.15) is 69.8 Å². The molecule has 2 atom stereocenters. The second-order valence-corrected chi connectivity index (χ2v) is 7.62. The van der Waals surface area contributed by atoms with Crippen LogP contribution in [0.15, 0.2) is 29.3 Å². The van der Waals surface area contributed by atoms with Gasteiger partial charge in [-0.2, -0.15) is 0 Å². The van der Waals surface area contributed by atoms with Gasteiger partial charge in [-0.05, 0) is 70.4 Å². The fourth-order valence-corrected chi connectivity index (χ4v) is 3.08. The van der Waals surface area contributed by atoms with Gasteiger partial charge in [0, 0.05) is 31.2 Å². The third-order valence-corrected chi connectivity index (χ3v) is 5.25. The number of hydrogen-bond acceptors (Lipinski definition) is 3. The molecule has 29 heavy (non-hydrogen) atoms. The molecule has 0 aromatic heterocycles. The van der Waals surface area contributed by atoms with Crippen LogP contribution in [0, 0.1) is 0 Å². The molecule has 3 N–H and O–H groups in total. The molecule has 0 radical (unpaired) electrons. The topological polar surface area (TPSA) is 68.8 Å². The van der Waals surface area contributed by atoms with E-state index >= 15 is 0 Å². The number of benzene rings is 1. The molecule has 1 amide bonds. The highest BCUT2D eigenvalue weighted by molar-refractivity contribution is 5.94. The van der Waals surface area contributed by atoms with Crippen molar-refractivity contribution < 1.29 is 4.79 Å². The van der Waals surface area contributed by atoms with Gasteiger partial charge in [0.25, 0.3) is 5.91 Å². The molecule has 2 unspecified atom stereocenters. The normalized spacial score (nSPS) is 13.8. The molecule has 0 saturated carbocycles. The molecule has 0 spiro atoms. The molecule has 0 fully saturated rings. The lowest BCUT2D eigenvalue weighted by atomic mass is 10.1. The van der Waals surface area contributed by atoms with E-state index in [9.17, 15) is 4.79 Å². The highest BCUT2D eigenvalue weighted by atomic mass is 16.1. The predicted molar refractivity (Wildman–Crippen MR) is 123 cm³/mol. The summed E-state index contributed by atoms with van der Waals surface area (Å²) in [4.78, 5) is 19.1. The van der Waals surface area contributed by atoms with Crippen molar-refractivity contribution in [2.75, 3.05) is 26.7 Å². The van der Waals surface area contributed by atoms with E-state index in [-0.39, 0.29) is 11.9 Å². The maximum atomic E-state index is 12.3. The van der Waals surface area contributed by atoms with Gasteiger partial charge >= 0.3 is 0 Å². The van der Waals surface area contributed by atoms with Crippen LogP contribution < -0.4 is 16.0 Å². The smallest absolute Gasteiger partial charge is 0.251 e. The summed E-state index contributed by atoms with van der Waals surface area (Å²) in [6.07, 6.45) is 3.19. The standard InChI is InChI=1S/C23H41N5O/c1-7-18(4)26-22(29)21-14-10-13-20(16-21)17-25-23(24-6)27-19(5)12-11-15-28(8-2)9-3/h10,13-14,16,18-19H,7-9,11-12,15,17H2,1-6H3,(H,26,29)(H2,24,25,27). The van der Waals surface area contributed by atoms with Gasteiger partial charge in [-0.25, -0.2) is 0 Å². The van der Waals surface area contributed by atoms with Gasteiger partial charge in [-0.3, -0.25) is 9.79 Å². The van der Waals surface area contributed by atoms with Crippen LogP contribution in [0.3, 0.4) is 0 Å². The molecule has 0 saturated heterocycles. The zero-order valence-corrected chi connectivity index (χ0v) is 19.2. The molecular formula is C23H41N5O. The highest BCUT2D eigenvalue weighted by Crippen LogP contribution is 2.06. The van der Waals surface area contributed by atoms with E-state index in [2.05, 4.69) is 53.5 Å². The summed E-state index contributed by atoms with van der Waals surface area (Å²) in [5, 5.41) is 9.82. The monoisotopic (exact) mass is 403 g/mol. The van der Waals surface area contributed by atoms with E-state index in [0.29, 0.717) is 18.2 Å². The molecule has 0 aliphatic heterocycles. The van der Waals surface area contributed by atoms with Crippen LogP contribution in [-0.2, 0) is 6.54 Å². The first-order valence-electron chi connectivity index (χ1n) is 11.0. The zero-order chi connectivity index (χ0) is 21.6. The first kappa shape index (κ1) is 25.0. The maximum Gasteiger partial charge on any atom is 0.251 e. The molecule has 0 bridgehead atoms. The third kappa shape index (κ3) is 9.79. The average Bonchev–Trinajstić information content (AvgIpc) is 2.74. The summed E-state index contributed by atoms with van der Waals surface area (Å²) in [6.45, 7) is 14.7. The lowest BCUT2D eigenvalue weighted by molar-refractivity contribution is 0.0939. The number of nitrogens with one attached hydrogen (secondary N) is 3. The van der Waals surface area contributed by atoms with E-state index in [1.165, 1.54) is 6.42 Å². The van der Waals surface area contributed by atoms with Crippen molar-refractivity contribution in [3.05, 3.63) is 35.4 Å². The van der Waals surface area contributed by atoms with Crippen molar-refractivity contribution in [1.29, 1.82) is 0 Å². The van der Waals surface area contributed by atoms with Crippen molar-refractivity contribution in [3.63, 3.8) is 0 Å². The summed E-state index contributed by atoms with van der Waals surface area (Å²) < 4.78 is 0. The predicted octanol–water partition coefficient (Wildman–Crippen LogP) is 3.39. The van der Waals surface area contributed by atoms with Crippen LogP contribution >= 0.6 is 0 Å². The minimum atomic E-state index is -0.0227. The number of nitrogens with zero attached hydrogens (tertiary/aromatic N) is 2. The summed E-state index contributed by atoms with van der Waals surface area (Å²) >= 11 is 0. The van der Waals surface area contributed by atoms with Crippen LogP contribution in [-0.4, -0.2) is 55.5 Å². The lowest BCUT2D eigenvalue weighted by Gasteiger charge is -2.21. The first-order chi connectivity index (χ1) is 13.9. The molecular weight excluding hydrogens is 362 g/mol. The Labute approximate surface area is 177 Å². The molecule has 6 heteroatoms. The summed E-state index contributed by atoms with van der Waals surface area (Å²) in [5.41, 5.74) is 1.75. The minimum absolute atomic E-state index is 0.0227. The molecule has 0 aliphatic carbocycles. The third-order valence-electron chi connectivity index (χ3n) is 5.25. The lowest BCUT2D eigenvalue weighted by Crippen LogP contribution is -2.42. The average molecular weight is 404 g/mol. The largest absolute Gasteiger partial charge is 0.354 e. The fourth-order valence-electron chi connectivity index (χ4n) is 3.08. The number of hydrogen-bond donors (Lipinski definition) is 3. The Morgan fingerprint density at radius 1 is 1.10 bits per heavy atom. The number of aliphatic imine (C=N–C) groups is 1. The van der Waals surface area contributed by atoms with Gasteiger partial charge in [-0.15, -0.1) is 0 Å². The number of guanidine groups is 1. The summed E-state index contributed by atoms with van der Waals surface area (Å²) in [7, 11) is 1.79. The summed E-state index contributed by atoms with van der Waals surface area (Å²) in [6, 6.07) is 8.26. The molecule has 1 aromatic rings. The van der Waals surface area contributed by atoms with Crippen molar-refractivity contribution in [1.82, 2.24) is 20.9 Å². The molecule has 164 valence electrons. The second-order valence-electron chi connectivity index (χ2n) is 7.62. The Morgan fingerprint density at radius 3 is 2.45 bits per heavy atom. The van der Waals surface area contributed by atoms with Gasteiger partial charge < -0.3 is 20.9 Å². The SMILES string of the molecule is CCC(C)NC(=O)c1cccc(CNC(=NC)NC(C)CCCN(CC)CC)c1. The van der Waals surface area contributed by atoms with Gasteiger partial charge in [0.15, 0.2) is 5.96 Å². The van der Waals surface area contributed by atoms with E-state index in [0.717, 1.165) is 44.0 Å². The number of rotatable bonds is 12. The Kier molecular flexibility index (Phi) is 12.0. The van der Waals surface area contributed by atoms with E-state index < -0.39 is 0 Å². The van der Waals surface area contributed by atoms with E-state index in [1.54, 1.807) is 7.05 Å². The van der Waals surface area contributed by atoms with Crippen molar-refractivity contribution in [2.24, 2.45) is 4.99 Å². The molecule has 0 heterocycles. The number of carbonyl (C=O) groups is 1. The maximum absolute atomic E-state index is 12.3. The quantitative estimate of drug-likeness (QED) is 0.370. The van der Waals surface area contributed by atoms with Crippen LogP contribution in [0.4, 0.5) is 0 Å². The second kappa shape index (κ2) is 14.0. The van der Waals surface area contributed by atoms with Crippen LogP contribution in [0.5, 0.6) is 0 Å². The van der Waals surface area contributed by atoms with Gasteiger partial charge in [0.1, 0.15) is 0 Å². The highest BCUT2D eigenvalue weighted by Gasteiger charge is 2.10. The Bertz CT molecular complexity index is 627. The van der Waals surface area contributed by atoms with Crippen molar-refractivity contribution in [2.45, 2.75) is 72.5 Å². The Hall–Kier alpha value is -2.08. The van der Waals surface area contributed by atoms with Crippen LogP contribution in [0.25, 0.3) is 0 Å². The van der Waals surface area contributed by atoms with Crippen molar-refractivity contribution in [3.8, 4) is 0 Å². The van der Waals surface area contributed by atoms with Crippen molar-refractivity contribution >= 4 is 11.9 Å². The number of carbonyl (C=O) groups excluding carboxylic acids is 1.